The number of nitrogens with zero attached hydrogens (tertiary/aromatic N) is 9. The standard InChI is InChI=1S/C58H88N16O17/c1-69-19-16-59-51(69)57(82)63-42-36-44(70(2)38-42)54(79)60-13-10-48(75)66-47-41-72(4)53(68-47)58(83)64-43-37-45(55(80)61-14-11-49(76)65-46-40-71(3)52(67-46)56(81)62-15-12-50(77)78)74(39-43)18-9-7-8-17-73(20-22-86-28-30-90-34-32-88-26-24-84-5)21-23-87-29-31-91-35-33-89-27-25-85-6/h16,19,36-41H,7-15,17-18,20-35H2,1-6H3,(H,60,79)(H,61,80)(H,62,81)(H,63,82)(H,64,83)(H,65,76)(H,66,75)(H,77,78). The smallest absolute Gasteiger partial charge is 0.305 e. The molecular formula is C58H88N16O17. The van der Waals surface area contributed by atoms with Crippen molar-refractivity contribution in [2.24, 2.45) is 28.2 Å². The van der Waals surface area contributed by atoms with Crippen LogP contribution in [0.1, 0.15) is 91.4 Å². The fraction of sp³-hybridized carbons (Fsp3) is 0.569. The van der Waals surface area contributed by atoms with Crippen LogP contribution in [0.15, 0.2) is 49.3 Å². The third-order valence-corrected chi connectivity index (χ3v) is 13.3. The first-order valence-corrected chi connectivity index (χ1v) is 29.8. The van der Waals surface area contributed by atoms with Gasteiger partial charge < -0.3 is 103 Å². The number of amides is 7. The zero-order chi connectivity index (χ0) is 65.8. The molecule has 33 nitrogen and oxygen atoms in total. The lowest BCUT2D eigenvalue weighted by molar-refractivity contribution is -0.136. The summed E-state index contributed by atoms with van der Waals surface area (Å²) in [6, 6.07) is 3.00. The number of anilines is 4. The zero-order valence-electron chi connectivity index (χ0n) is 52.7. The topological polar surface area (TPSA) is 381 Å². The number of aliphatic carboxylic acids is 1. The summed E-state index contributed by atoms with van der Waals surface area (Å²) in [5, 5.41) is 27.6. The minimum atomic E-state index is -1.08. The highest BCUT2D eigenvalue weighted by Crippen LogP contribution is 2.19. The van der Waals surface area contributed by atoms with Crippen LogP contribution in [-0.2, 0) is 87.0 Å². The normalized spacial score (nSPS) is 11.2. The van der Waals surface area contributed by atoms with Crippen LogP contribution in [0.4, 0.5) is 23.0 Å². The molecular weight excluding hydrogens is 1190 g/mol. The second-order valence-electron chi connectivity index (χ2n) is 20.5. The Kier molecular flexibility index (Phi) is 33.1. The van der Waals surface area contributed by atoms with E-state index in [4.69, 9.17) is 43.0 Å². The number of hydrogen-bond acceptors (Lipinski definition) is 20. The first-order chi connectivity index (χ1) is 44.0. The average Bonchev–Trinajstić information content (AvgIpc) is 2.24. The number of carboxylic acids is 1. The molecule has 91 heavy (non-hydrogen) atoms. The van der Waals surface area contributed by atoms with Crippen LogP contribution in [0, 0.1) is 0 Å². The van der Waals surface area contributed by atoms with E-state index in [1.807, 2.05) is 0 Å². The summed E-state index contributed by atoms with van der Waals surface area (Å²) in [6.45, 7) is 8.69. The van der Waals surface area contributed by atoms with Gasteiger partial charge in [0.05, 0.1) is 110 Å². The molecule has 5 aromatic heterocycles. The van der Waals surface area contributed by atoms with E-state index in [-0.39, 0.29) is 85.1 Å². The van der Waals surface area contributed by atoms with E-state index in [9.17, 15) is 38.4 Å². The predicted octanol–water partition coefficient (Wildman–Crippen LogP) is 1.12. The monoisotopic (exact) mass is 1280 g/mol. The summed E-state index contributed by atoms with van der Waals surface area (Å²) in [5.74, 6) is -4.60. The minimum absolute atomic E-state index is 0.0442. The van der Waals surface area contributed by atoms with Gasteiger partial charge in [0.15, 0.2) is 17.5 Å². The summed E-state index contributed by atoms with van der Waals surface area (Å²) < 4.78 is 51.5. The number of imidazole rings is 3. The van der Waals surface area contributed by atoms with E-state index in [0.717, 1.165) is 19.4 Å². The Hall–Kier alpha value is -8.41. The average molecular weight is 1280 g/mol. The van der Waals surface area contributed by atoms with Gasteiger partial charge >= 0.3 is 5.97 Å². The van der Waals surface area contributed by atoms with Crippen molar-refractivity contribution in [3.8, 4) is 0 Å². The fourth-order valence-corrected chi connectivity index (χ4v) is 8.66. The molecule has 8 N–H and O–H groups in total. The van der Waals surface area contributed by atoms with E-state index >= 15 is 0 Å². The first-order valence-electron chi connectivity index (χ1n) is 29.8. The van der Waals surface area contributed by atoms with Gasteiger partial charge in [0.1, 0.15) is 11.4 Å². The van der Waals surface area contributed by atoms with Crippen LogP contribution in [0.5, 0.6) is 0 Å². The van der Waals surface area contributed by atoms with Gasteiger partial charge in [-0.3, -0.25) is 43.3 Å². The summed E-state index contributed by atoms with van der Waals surface area (Å²) in [5.41, 5.74) is 1.08. The van der Waals surface area contributed by atoms with E-state index in [2.05, 4.69) is 57.1 Å². The number of carbonyl (C=O) groups excluding carboxylic acids is 7. The number of rotatable bonds is 48. The number of unbranched alkanes of at least 4 members (excludes halogenated alkanes) is 2. The highest BCUT2D eigenvalue weighted by molar-refractivity contribution is 6.04. The van der Waals surface area contributed by atoms with Gasteiger partial charge in [-0.2, -0.15) is 0 Å². The van der Waals surface area contributed by atoms with Crippen LogP contribution >= 0.6 is 0 Å². The molecule has 0 aromatic carbocycles. The lowest BCUT2D eigenvalue weighted by Gasteiger charge is -2.22. The van der Waals surface area contributed by atoms with Gasteiger partial charge in [-0.05, 0) is 31.5 Å². The number of hydrogen-bond donors (Lipinski definition) is 8. The number of methoxy groups -OCH3 is 2. The maximum absolute atomic E-state index is 13.9. The fourth-order valence-electron chi connectivity index (χ4n) is 8.66. The quantitative estimate of drug-likeness (QED) is 0.0253. The van der Waals surface area contributed by atoms with Crippen LogP contribution in [0.2, 0.25) is 0 Å². The van der Waals surface area contributed by atoms with Gasteiger partial charge in [-0.25, -0.2) is 15.0 Å². The molecule has 0 bridgehead atoms. The lowest BCUT2D eigenvalue weighted by atomic mass is 10.2. The second-order valence-corrected chi connectivity index (χ2v) is 20.5. The third kappa shape index (κ3) is 27.3. The van der Waals surface area contributed by atoms with E-state index in [1.54, 1.807) is 70.1 Å². The zero-order valence-corrected chi connectivity index (χ0v) is 52.7. The Morgan fingerprint density at radius 1 is 0.462 bits per heavy atom. The van der Waals surface area contributed by atoms with Crippen LogP contribution in [0.3, 0.4) is 0 Å². The molecule has 0 saturated heterocycles. The number of aromatic nitrogens is 8. The molecule has 0 saturated carbocycles. The van der Waals surface area contributed by atoms with Gasteiger partial charge in [0, 0.05) is 132 Å². The van der Waals surface area contributed by atoms with Crippen molar-refractivity contribution in [3.05, 3.63) is 78.2 Å². The van der Waals surface area contributed by atoms with E-state index in [1.165, 1.54) is 44.4 Å². The molecule has 0 aliphatic rings. The largest absolute Gasteiger partial charge is 0.481 e. The van der Waals surface area contributed by atoms with Gasteiger partial charge in [-0.1, -0.05) is 6.42 Å². The second kappa shape index (κ2) is 41.1. The molecule has 0 atom stereocenters. The molecule has 7 amide bonds. The van der Waals surface area contributed by atoms with Gasteiger partial charge in [-0.15, -0.1) is 0 Å². The summed E-state index contributed by atoms with van der Waals surface area (Å²) >= 11 is 0. The van der Waals surface area contributed by atoms with Crippen molar-refractivity contribution < 1.29 is 81.4 Å². The number of carbonyl (C=O) groups is 8. The summed E-state index contributed by atoms with van der Waals surface area (Å²) in [4.78, 5) is 118. The Labute approximate surface area is 527 Å². The SMILES string of the molecule is COCCOCCOCCOCCN(CCCCCn1cc(NC(=O)c2nc(NC(=O)CCNC(=O)c3cc(NC(=O)c4nccn4C)cn3C)cn2C)cc1C(=O)NCCC(=O)Nc1cn(C)c(C(=O)NCCC(=O)O)n1)CCOCCOCCOCCOC. The van der Waals surface area contributed by atoms with Crippen molar-refractivity contribution in [1.29, 1.82) is 0 Å². The predicted molar refractivity (Wildman–Crippen MR) is 330 cm³/mol. The Bertz CT molecular complexity index is 3050. The lowest BCUT2D eigenvalue weighted by Crippen LogP contribution is -2.32. The van der Waals surface area contributed by atoms with Crippen molar-refractivity contribution in [3.63, 3.8) is 0 Å². The van der Waals surface area contributed by atoms with E-state index in [0.29, 0.717) is 124 Å². The Balaban J connectivity index is 1.16. The third-order valence-electron chi connectivity index (χ3n) is 13.3. The molecule has 5 rings (SSSR count). The van der Waals surface area contributed by atoms with Crippen molar-refractivity contribution in [1.82, 2.24) is 58.6 Å². The maximum atomic E-state index is 13.9. The van der Waals surface area contributed by atoms with Crippen LogP contribution in [0.25, 0.3) is 0 Å². The number of carboxylic acid groups (broad SMARTS) is 1. The highest BCUT2D eigenvalue weighted by atomic mass is 16.6. The summed E-state index contributed by atoms with van der Waals surface area (Å²) in [7, 11) is 9.67. The molecule has 0 unspecified atom stereocenters. The minimum Gasteiger partial charge on any atom is -0.481 e. The van der Waals surface area contributed by atoms with Crippen molar-refractivity contribution in [2.45, 2.75) is 45.1 Å². The molecule has 0 fully saturated rings. The van der Waals surface area contributed by atoms with Crippen molar-refractivity contribution >= 4 is 70.3 Å². The van der Waals surface area contributed by atoms with Crippen molar-refractivity contribution in [2.75, 3.05) is 167 Å². The van der Waals surface area contributed by atoms with Crippen LogP contribution < -0.4 is 37.2 Å². The van der Waals surface area contributed by atoms with Crippen LogP contribution in [-0.4, -0.2) is 241 Å². The molecule has 5 aromatic rings. The highest BCUT2D eigenvalue weighted by Gasteiger charge is 2.22. The van der Waals surface area contributed by atoms with Gasteiger partial charge in [0.2, 0.25) is 23.5 Å². The number of ether oxygens (including phenoxy) is 8. The number of nitrogens with one attached hydrogen (secondary N) is 7. The summed E-state index contributed by atoms with van der Waals surface area (Å²) in [6.07, 6.45) is 10.8. The molecule has 33 heteroatoms. The molecule has 5 heterocycles. The molecule has 0 aliphatic carbocycles. The molecule has 0 spiro atoms. The van der Waals surface area contributed by atoms with Gasteiger partial charge in [0.25, 0.3) is 29.5 Å². The van der Waals surface area contributed by atoms with E-state index < -0.39 is 47.3 Å². The maximum Gasteiger partial charge on any atom is 0.305 e. The first kappa shape index (κ1) is 73.3. The molecule has 0 radical (unpaired) electrons. The Morgan fingerprint density at radius 2 is 0.912 bits per heavy atom. The molecule has 0 aliphatic heterocycles. The molecule has 502 valence electrons. The number of aryl methyl sites for hydroxylation is 5. The Morgan fingerprint density at radius 3 is 1.42 bits per heavy atom.